The van der Waals surface area contributed by atoms with E-state index in [1.54, 1.807) is 5.56 Å². The Kier molecular flexibility index (Phi) is 3.21. The third-order valence-electron chi connectivity index (χ3n) is 5.12. The Balaban J connectivity index is 1.65. The van der Waals surface area contributed by atoms with Gasteiger partial charge in [-0.25, -0.2) is 0 Å². The molecular formula is C18H27N. The Labute approximate surface area is 117 Å². The summed E-state index contributed by atoms with van der Waals surface area (Å²) in [5.41, 5.74) is 2.42. The van der Waals surface area contributed by atoms with Crippen LogP contribution in [0.5, 0.6) is 0 Å². The molecule has 0 amide bonds. The van der Waals surface area contributed by atoms with E-state index in [1.807, 2.05) is 0 Å². The van der Waals surface area contributed by atoms with E-state index in [0.29, 0.717) is 5.41 Å². The summed E-state index contributed by atoms with van der Waals surface area (Å²) in [7, 11) is 0. The van der Waals surface area contributed by atoms with Crippen molar-refractivity contribution in [2.45, 2.75) is 57.9 Å². The van der Waals surface area contributed by atoms with Crippen molar-refractivity contribution in [2.24, 2.45) is 11.3 Å². The maximum absolute atomic E-state index is 3.76. The highest BCUT2D eigenvalue weighted by molar-refractivity contribution is 5.28. The molecule has 2 aliphatic carbocycles. The number of hydrogen-bond donors (Lipinski definition) is 1. The maximum atomic E-state index is 3.76. The van der Waals surface area contributed by atoms with Crippen molar-refractivity contribution in [3.63, 3.8) is 0 Å². The van der Waals surface area contributed by atoms with E-state index in [4.69, 9.17) is 0 Å². The van der Waals surface area contributed by atoms with E-state index in [1.165, 1.54) is 32.2 Å². The van der Waals surface area contributed by atoms with Crippen LogP contribution in [0.25, 0.3) is 0 Å². The Morgan fingerprint density at radius 3 is 2.37 bits per heavy atom. The van der Waals surface area contributed by atoms with Gasteiger partial charge in [0, 0.05) is 12.1 Å². The van der Waals surface area contributed by atoms with Gasteiger partial charge in [-0.3, -0.25) is 0 Å². The van der Waals surface area contributed by atoms with Gasteiger partial charge in [0.15, 0.2) is 0 Å². The Morgan fingerprint density at radius 1 is 1.16 bits per heavy atom. The zero-order valence-electron chi connectivity index (χ0n) is 12.6. The lowest BCUT2D eigenvalue weighted by atomic mass is 9.64. The minimum absolute atomic E-state index is 0.250. The molecule has 104 valence electrons. The van der Waals surface area contributed by atoms with Gasteiger partial charge in [0.1, 0.15) is 0 Å². The highest BCUT2D eigenvalue weighted by atomic mass is 15.0. The molecule has 2 unspecified atom stereocenters. The third-order valence-corrected chi connectivity index (χ3v) is 5.12. The van der Waals surface area contributed by atoms with Crippen molar-refractivity contribution >= 4 is 0 Å². The minimum atomic E-state index is 0.250. The molecule has 0 aromatic heterocycles. The fourth-order valence-corrected chi connectivity index (χ4v) is 3.69. The molecule has 0 radical (unpaired) electrons. The standard InChI is InChI=1S/C18H27N/c1-17(2,3)19-13-18(10-7-11-18)16-12-15(16)14-8-5-4-6-9-14/h4-6,8-9,15-16,19H,7,10-13H2,1-3H3. The van der Waals surface area contributed by atoms with Crippen molar-refractivity contribution in [3.05, 3.63) is 35.9 Å². The number of benzene rings is 1. The summed E-state index contributed by atoms with van der Waals surface area (Å²) in [4.78, 5) is 0. The smallest absolute Gasteiger partial charge is 0.00967 e. The predicted molar refractivity (Wildman–Crippen MR) is 81.3 cm³/mol. The van der Waals surface area contributed by atoms with E-state index in [0.717, 1.165) is 11.8 Å². The zero-order chi connectivity index (χ0) is 13.5. The summed E-state index contributed by atoms with van der Waals surface area (Å²) in [5.74, 6) is 1.77. The number of hydrogen-bond acceptors (Lipinski definition) is 1. The van der Waals surface area contributed by atoms with Crippen LogP contribution in [-0.2, 0) is 0 Å². The van der Waals surface area contributed by atoms with Gasteiger partial charge in [-0.1, -0.05) is 36.8 Å². The molecule has 1 aromatic rings. The molecule has 2 saturated carbocycles. The maximum Gasteiger partial charge on any atom is 0.00967 e. The number of nitrogens with one attached hydrogen (secondary N) is 1. The lowest BCUT2D eigenvalue weighted by Crippen LogP contribution is -2.48. The van der Waals surface area contributed by atoms with Gasteiger partial charge in [0.05, 0.1) is 0 Å². The molecule has 19 heavy (non-hydrogen) atoms. The van der Waals surface area contributed by atoms with Crippen molar-refractivity contribution in [2.75, 3.05) is 6.54 Å². The largest absolute Gasteiger partial charge is 0.312 e. The first-order valence-corrected chi connectivity index (χ1v) is 7.80. The van der Waals surface area contributed by atoms with Gasteiger partial charge < -0.3 is 5.32 Å². The second-order valence-corrected chi connectivity index (χ2v) is 7.68. The quantitative estimate of drug-likeness (QED) is 0.845. The molecule has 1 N–H and O–H groups in total. The second kappa shape index (κ2) is 4.63. The molecule has 2 atom stereocenters. The topological polar surface area (TPSA) is 12.0 Å². The summed E-state index contributed by atoms with van der Waals surface area (Å²) >= 11 is 0. The molecule has 1 nitrogen and oxygen atoms in total. The first-order valence-electron chi connectivity index (χ1n) is 7.80. The second-order valence-electron chi connectivity index (χ2n) is 7.68. The van der Waals surface area contributed by atoms with Crippen LogP contribution in [0.1, 0.15) is 57.9 Å². The fourth-order valence-electron chi connectivity index (χ4n) is 3.69. The van der Waals surface area contributed by atoms with Gasteiger partial charge in [0.2, 0.25) is 0 Å². The van der Waals surface area contributed by atoms with Gasteiger partial charge in [-0.15, -0.1) is 0 Å². The van der Waals surface area contributed by atoms with Crippen LogP contribution in [0, 0.1) is 11.3 Å². The summed E-state index contributed by atoms with van der Waals surface area (Å²) in [6.07, 6.45) is 5.72. The monoisotopic (exact) mass is 257 g/mol. The Morgan fingerprint density at radius 2 is 1.84 bits per heavy atom. The molecule has 0 bridgehead atoms. The van der Waals surface area contributed by atoms with E-state index >= 15 is 0 Å². The average Bonchev–Trinajstić information content (AvgIpc) is 3.08. The molecule has 3 rings (SSSR count). The molecule has 1 aromatic carbocycles. The average molecular weight is 257 g/mol. The van der Waals surface area contributed by atoms with E-state index in [2.05, 4.69) is 56.4 Å². The molecule has 2 fully saturated rings. The zero-order valence-corrected chi connectivity index (χ0v) is 12.6. The van der Waals surface area contributed by atoms with Crippen molar-refractivity contribution in [1.82, 2.24) is 5.32 Å². The first-order chi connectivity index (χ1) is 9.00. The highest BCUT2D eigenvalue weighted by Crippen LogP contribution is 2.63. The van der Waals surface area contributed by atoms with Crippen LogP contribution in [0.2, 0.25) is 0 Å². The van der Waals surface area contributed by atoms with Crippen LogP contribution < -0.4 is 5.32 Å². The third kappa shape index (κ3) is 2.72. The normalized spacial score (nSPS) is 28.8. The first kappa shape index (κ1) is 13.2. The van der Waals surface area contributed by atoms with Gasteiger partial charge in [0.25, 0.3) is 0 Å². The Bertz CT molecular complexity index is 425. The lowest BCUT2D eigenvalue weighted by Gasteiger charge is -2.45. The number of rotatable bonds is 4. The molecular weight excluding hydrogens is 230 g/mol. The molecule has 0 aliphatic heterocycles. The SMILES string of the molecule is CC(C)(C)NCC1(C2CC2c2ccccc2)CCC1. The lowest BCUT2D eigenvalue weighted by molar-refractivity contribution is 0.0865. The van der Waals surface area contributed by atoms with Crippen molar-refractivity contribution in [1.29, 1.82) is 0 Å². The predicted octanol–water partition coefficient (Wildman–Crippen LogP) is 4.35. The van der Waals surface area contributed by atoms with Crippen LogP contribution in [0.15, 0.2) is 30.3 Å². The van der Waals surface area contributed by atoms with E-state index in [-0.39, 0.29) is 5.54 Å². The molecule has 0 saturated heterocycles. The van der Waals surface area contributed by atoms with E-state index in [9.17, 15) is 0 Å². The van der Waals surface area contributed by atoms with Gasteiger partial charge in [-0.2, -0.15) is 0 Å². The minimum Gasteiger partial charge on any atom is -0.312 e. The Hall–Kier alpha value is -0.820. The van der Waals surface area contributed by atoms with Crippen LogP contribution in [0.4, 0.5) is 0 Å². The molecule has 0 heterocycles. The van der Waals surface area contributed by atoms with Crippen LogP contribution in [0.3, 0.4) is 0 Å². The molecule has 0 spiro atoms. The fraction of sp³-hybridized carbons (Fsp3) is 0.667. The molecule has 1 heteroatoms. The summed E-state index contributed by atoms with van der Waals surface area (Å²) in [6.45, 7) is 8.05. The summed E-state index contributed by atoms with van der Waals surface area (Å²) in [6, 6.07) is 11.1. The molecule has 2 aliphatic rings. The van der Waals surface area contributed by atoms with E-state index < -0.39 is 0 Å². The van der Waals surface area contributed by atoms with Gasteiger partial charge >= 0.3 is 0 Å². The van der Waals surface area contributed by atoms with Crippen molar-refractivity contribution < 1.29 is 0 Å². The van der Waals surface area contributed by atoms with Gasteiger partial charge in [-0.05, 0) is 62.8 Å². The van der Waals surface area contributed by atoms with Crippen LogP contribution >= 0.6 is 0 Å². The highest BCUT2D eigenvalue weighted by Gasteiger charge is 2.55. The summed E-state index contributed by atoms with van der Waals surface area (Å²) in [5, 5.41) is 3.76. The van der Waals surface area contributed by atoms with Crippen LogP contribution in [-0.4, -0.2) is 12.1 Å². The van der Waals surface area contributed by atoms with Crippen molar-refractivity contribution in [3.8, 4) is 0 Å². The summed E-state index contributed by atoms with van der Waals surface area (Å²) < 4.78 is 0.